The largest absolute Gasteiger partial charge is 0.353 e. The predicted molar refractivity (Wildman–Crippen MR) is 78.1 cm³/mol. The van der Waals surface area contributed by atoms with E-state index in [1.807, 2.05) is 6.92 Å². The molecular formula is C16H26ClNO. The van der Waals surface area contributed by atoms with E-state index in [4.69, 9.17) is 11.6 Å². The second-order valence-corrected chi connectivity index (χ2v) is 8.13. The minimum atomic E-state index is 0.133. The van der Waals surface area contributed by atoms with Gasteiger partial charge < -0.3 is 5.32 Å². The molecule has 1 amide bonds. The molecule has 19 heavy (non-hydrogen) atoms. The van der Waals surface area contributed by atoms with Crippen molar-refractivity contribution in [1.29, 1.82) is 0 Å². The smallest absolute Gasteiger partial charge is 0.223 e. The van der Waals surface area contributed by atoms with Crippen LogP contribution in [0.15, 0.2) is 0 Å². The van der Waals surface area contributed by atoms with Gasteiger partial charge in [-0.25, -0.2) is 0 Å². The number of carbonyl (C=O) groups is 1. The average Bonchev–Trinajstić information content (AvgIpc) is 2.25. The van der Waals surface area contributed by atoms with Gasteiger partial charge in [0.1, 0.15) is 0 Å². The van der Waals surface area contributed by atoms with E-state index in [0.717, 1.165) is 18.3 Å². The number of rotatable bonds is 4. The summed E-state index contributed by atoms with van der Waals surface area (Å²) < 4.78 is 0. The molecule has 0 heterocycles. The molecular weight excluding hydrogens is 258 g/mol. The monoisotopic (exact) mass is 283 g/mol. The van der Waals surface area contributed by atoms with Crippen molar-refractivity contribution < 1.29 is 4.79 Å². The summed E-state index contributed by atoms with van der Waals surface area (Å²) in [6, 6.07) is 0.206. The summed E-state index contributed by atoms with van der Waals surface area (Å²) in [4.78, 5) is 12.6. The lowest BCUT2D eigenvalue weighted by Gasteiger charge is -2.53. The number of alkyl halides is 1. The summed E-state index contributed by atoms with van der Waals surface area (Å²) in [6.07, 6.45) is 7.55. The molecule has 4 aliphatic rings. The molecule has 2 nitrogen and oxygen atoms in total. The van der Waals surface area contributed by atoms with Gasteiger partial charge in [-0.15, -0.1) is 11.6 Å². The zero-order chi connectivity index (χ0) is 13.6. The molecule has 3 heteroatoms. The van der Waals surface area contributed by atoms with Crippen LogP contribution in [0.25, 0.3) is 0 Å². The second kappa shape index (κ2) is 5.27. The number of hydrogen-bond acceptors (Lipinski definition) is 1. The van der Waals surface area contributed by atoms with Crippen LogP contribution in [0.4, 0.5) is 0 Å². The Kier molecular flexibility index (Phi) is 3.81. The molecule has 0 aromatic carbocycles. The molecule has 2 unspecified atom stereocenters. The molecule has 4 rings (SSSR count). The molecule has 0 radical (unpaired) electrons. The predicted octanol–water partition coefficient (Wildman–Crippen LogP) is 3.58. The van der Waals surface area contributed by atoms with Crippen molar-refractivity contribution in [2.24, 2.45) is 29.6 Å². The number of nitrogens with one attached hydrogen (secondary N) is 1. The van der Waals surface area contributed by atoms with E-state index >= 15 is 0 Å². The molecule has 4 bridgehead atoms. The normalized spacial score (nSPS) is 43.0. The highest BCUT2D eigenvalue weighted by Gasteiger charge is 2.50. The van der Waals surface area contributed by atoms with Gasteiger partial charge in [-0.1, -0.05) is 0 Å². The van der Waals surface area contributed by atoms with Gasteiger partial charge in [-0.2, -0.15) is 0 Å². The second-order valence-electron chi connectivity index (χ2n) is 7.38. The lowest BCUT2D eigenvalue weighted by atomic mass is 9.51. The maximum absolute atomic E-state index is 12.6. The van der Waals surface area contributed by atoms with Gasteiger partial charge in [-0.3, -0.25) is 4.79 Å². The van der Waals surface area contributed by atoms with E-state index in [1.54, 1.807) is 0 Å². The summed E-state index contributed by atoms with van der Waals surface area (Å²) in [6.45, 7) is 4.07. The minimum Gasteiger partial charge on any atom is -0.353 e. The molecule has 0 spiro atoms. The lowest BCUT2D eigenvalue weighted by molar-refractivity contribution is -0.138. The van der Waals surface area contributed by atoms with E-state index in [9.17, 15) is 4.79 Å². The van der Waals surface area contributed by atoms with E-state index < -0.39 is 0 Å². The first-order valence-electron chi connectivity index (χ1n) is 7.97. The van der Waals surface area contributed by atoms with E-state index in [2.05, 4.69) is 12.2 Å². The fraction of sp³-hybridized carbons (Fsp3) is 0.938. The van der Waals surface area contributed by atoms with Crippen LogP contribution in [0.5, 0.6) is 0 Å². The third-order valence-electron chi connectivity index (χ3n) is 5.60. The number of amides is 1. The zero-order valence-corrected chi connectivity index (χ0v) is 12.8. The van der Waals surface area contributed by atoms with Crippen molar-refractivity contribution in [1.82, 2.24) is 5.32 Å². The SMILES string of the molecule is CC(Cl)CC(C)NC(=O)C1C2CC3CC(C2)CC1C3. The number of carbonyl (C=O) groups excluding carboxylic acids is 1. The van der Waals surface area contributed by atoms with Crippen molar-refractivity contribution in [3.8, 4) is 0 Å². The van der Waals surface area contributed by atoms with Crippen LogP contribution in [-0.4, -0.2) is 17.3 Å². The average molecular weight is 284 g/mol. The first kappa shape index (κ1) is 13.7. The summed E-state index contributed by atoms with van der Waals surface area (Å²) in [5.41, 5.74) is 0. The lowest BCUT2D eigenvalue weighted by Crippen LogP contribution is -2.52. The van der Waals surface area contributed by atoms with Crippen molar-refractivity contribution >= 4 is 17.5 Å². The number of hydrogen-bond donors (Lipinski definition) is 1. The maximum Gasteiger partial charge on any atom is 0.223 e. The molecule has 0 saturated heterocycles. The van der Waals surface area contributed by atoms with Gasteiger partial charge in [0.05, 0.1) is 0 Å². The van der Waals surface area contributed by atoms with Gasteiger partial charge in [0, 0.05) is 17.3 Å². The fourth-order valence-electron chi connectivity index (χ4n) is 5.24. The van der Waals surface area contributed by atoms with Gasteiger partial charge in [-0.05, 0) is 76.0 Å². The molecule has 4 saturated carbocycles. The Labute approximate surface area is 121 Å². The summed E-state index contributed by atoms with van der Waals surface area (Å²) in [7, 11) is 0. The van der Waals surface area contributed by atoms with Gasteiger partial charge in [0.15, 0.2) is 0 Å². The van der Waals surface area contributed by atoms with Crippen LogP contribution >= 0.6 is 11.6 Å². The molecule has 1 N–H and O–H groups in total. The topological polar surface area (TPSA) is 29.1 Å². The molecule has 0 aromatic rings. The molecule has 2 atom stereocenters. The summed E-state index contributed by atoms with van der Waals surface area (Å²) in [5.74, 6) is 3.85. The summed E-state index contributed by atoms with van der Waals surface area (Å²) in [5, 5.41) is 3.35. The van der Waals surface area contributed by atoms with Gasteiger partial charge in [0.2, 0.25) is 5.91 Å². The Morgan fingerprint density at radius 2 is 1.63 bits per heavy atom. The Morgan fingerprint density at radius 3 is 2.11 bits per heavy atom. The van der Waals surface area contributed by atoms with Crippen LogP contribution in [0.2, 0.25) is 0 Å². The number of halogens is 1. The molecule has 4 aliphatic carbocycles. The Hall–Kier alpha value is -0.240. The highest BCUT2D eigenvalue weighted by atomic mass is 35.5. The highest BCUT2D eigenvalue weighted by Crippen LogP contribution is 2.56. The highest BCUT2D eigenvalue weighted by molar-refractivity contribution is 6.20. The molecule has 0 aliphatic heterocycles. The third-order valence-corrected chi connectivity index (χ3v) is 5.77. The molecule has 0 aromatic heterocycles. The van der Waals surface area contributed by atoms with Crippen LogP contribution in [0, 0.1) is 29.6 Å². The molecule has 108 valence electrons. The van der Waals surface area contributed by atoms with Crippen LogP contribution < -0.4 is 5.32 Å². The quantitative estimate of drug-likeness (QED) is 0.785. The fourth-order valence-corrected chi connectivity index (χ4v) is 5.51. The van der Waals surface area contributed by atoms with Crippen molar-refractivity contribution in [3.63, 3.8) is 0 Å². The van der Waals surface area contributed by atoms with Gasteiger partial charge >= 0.3 is 0 Å². The Balaban J connectivity index is 1.61. The standard InChI is InChI=1S/C16H26ClNO/c1-9(17)3-10(2)18-16(19)15-13-5-11-4-12(7-13)8-14(15)6-11/h9-15H,3-8H2,1-2H3,(H,18,19). The van der Waals surface area contributed by atoms with Crippen molar-refractivity contribution in [3.05, 3.63) is 0 Å². The third kappa shape index (κ3) is 2.79. The Bertz CT molecular complexity index is 327. The van der Waals surface area contributed by atoms with Gasteiger partial charge in [0.25, 0.3) is 0 Å². The maximum atomic E-state index is 12.6. The first-order valence-corrected chi connectivity index (χ1v) is 8.41. The minimum absolute atomic E-state index is 0.133. The summed E-state index contributed by atoms with van der Waals surface area (Å²) >= 11 is 6.01. The van der Waals surface area contributed by atoms with Crippen molar-refractivity contribution in [2.45, 2.75) is 63.8 Å². The van der Waals surface area contributed by atoms with Crippen molar-refractivity contribution in [2.75, 3.05) is 0 Å². The van der Waals surface area contributed by atoms with E-state index in [0.29, 0.717) is 23.7 Å². The van der Waals surface area contributed by atoms with E-state index in [-0.39, 0.29) is 11.4 Å². The zero-order valence-electron chi connectivity index (χ0n) is 12.1. The van der Waals surface area contributed by atoms with E-state index in [1.165, 1.54) is 32.1 Å². The first-order chi connectivity index (χ1) is 9.02. The molecule has 4 fully saturated rings. The van der Waals surface area contributed by atoms with Crippen LogP contribution in [0.3, 0.4) is 0 Å². The van der Waals surface area contributed by atoms with Crippen LogP contribution in [-0.2, 0) is 4.79 Å². The Morgan fingerprint density at radius 1 is 1.11 bits per heavy atom. The van der Waals surface area contributed by atoms with Crippen LogP contribution in [0.1, 0.15) is 52.4 Å².